The monoisotopic (exact) mass is 370 g/mol. The third-order valence-electron chi connectivity index (χ3n) is 3.34. The Hall–Kier alpha value is -2.42. The van der Waals surface area contributed by atoms with E-state index in [1.807, 2.05) is 6.92 Å². The highest BCUT2D eigenvalue weighted by atomic mass is 32.1. The molecule has 2 aromatic heterocycles. The zero-order chi connectivity index (χ0) is 18.4. The van der Waals surface area contributed by atoms with Crippen LogP contribution < -0.4 is 15.8 Å². The molecule has 0 aliphatic rings. The van der Waals surface area contributed by atoms with Crippen LogP contribution in [0.5, 0.6) is 5.75 Å². The van der Waals surface area contributed by atoms with Gasteiger partial charge in [-0.05, 0) is 55.7 Å². The summed E-state index contributed by atoms with van der Waals surface area (Å²) in [5.41, 5.74) is 5.09. The number of anilines is 1. The molecule has 0 radical (unpaired) electrons. The molecular weight excluding hydrogens is 353 g/mol. The Labute approximate surface area is 148 Å². The first-order valence-electron chi connectivity index (χ1n) is 7.51. The van der Waals surface area contributed by atoms with Crippen molar-refractivity contribution in [2.45, 2.75) is 25.9 Å². The van der Waals surface area contributed by atoms with Crippen molar-refractivity contribution in [2.24, 2.45) is 5.73 Å². The van der Waals surface area contributed by atoms with Gasteiger partial charge in [0.25, 0.3) is 0 Å². The number of rotatable bonds is 6. The minimum absolute atomic E-state index is 0.0781. The lowest BCUT2D eigenvalue weighted by atomic mass is 10.0. The first-order chi connectivity index (χ1) is 11.8. The molecule has 2 aromatic rings. The molecule has 0 aromatic carbocycles. The van der Waals surface area contributed by atoms with Crippen LogP contribution in [0.25, 0.3) is 0 Å². The maximum Gasteiger partial charge on any atom is 0.420 e. The lowest BCUT2D eigenvalue weighted by molar-refractivity contribution is -0.137. The standard InChI is InChI=1S/C16H17F3N4OS/c1-2-24-12-4-3-8-21-11(12)6-5-10-7-9-22-14(23-15(20)25)13(10)16(17,18)19/h3-4,7-9H,2,5-6H2,1H3,(H3,20,22,23,25). The number of ether oxygens (including phenoxy) is 1. The number of nitrogens with zero attached hydrogens (tertiary/aromatic N) is 2. The van der Waals surface area contributed by atoms with Crippen molar-refractivity contribution < 1.29 is 17.9 Å². The van der Waals surface area contributed by atoms with Crippen LogP contribution in [0.3, 0.4) is 0 Å². The van der Waals surface area contributed by atoms with E-state index >= 15 is 0 Å². The summed E-state index contributed by atoms with van der Waals surface area (Å²) >= 11 is 4.62. The van der Waals surface area contributed by atoms with Gasteiger partial charge in [0.15, 0.2) is 5.11 Å². The summed E-state index contributed by atoms with van der Waals surface area (Å²) in [6.45, 7) is 2.28. The molecule has 0 bridgehead atoms. The van der Waals surface area contributed by atoms with Crippen LogP contribution in [0, 0.1) is 0 Å². The van der Waals surface area contributed by atoms with Crippen LogP contribution in [-0.4, -0.2) is 21.7 Å². The molecular formula is C16H17F3N4OS. The molecule has 0 fully saturated rings. The Balaban J connectivity index is 2.32. The number of thiocarbonyl (C=S) groups is 1. The van der Waals surface area contributed by atoms with Gasteiger partial charge >= 0.3 is 6.18 Å². The van der Waals surface area contributed by atoms with Crippen molar-refractivity contribution in [3.63, 3.8) is 0 Å². The van der Waals surface area contributed by atoms with Gasteiger partial charge in [-0.15, -0.1) is 0 Å². The molecule has 0 spiro atoms. The van der Waals surface area contributed by atoms with Crippen LogP contribution in [0.2, 0.25) is 0 Å². The van der Waals surface area contributed by atoms with Crippen LogP contribution >= 0.6 is 12.2 Å². The van der Waals surface area contributed by atoms with E-state index in [0.29, 0.717) is 18.1 Å². The second kappa shape index (κ2) is 8.11. The topological polar surface area (TPSA) is 73.1 Å². The molecule has 0 saturated heterocycles. The lowest BCUT2D eigenvalue weighted by Gasteiger charge is -2.17. The Kier molecular flexibility index (Phi) is 6.13. The minimum atomic E-state index is -4.59. The molecule has 9 heteroatoms. The van der Waals surface area contributed by atoms with E-state index in [-0.39, 0.29) is 23.5 Å². The van der Waals surface area contributed by atoms with Gasteiger partial charge in [0.2, 0.25) is 0 Å². The number of aryl methyl sites for hydroxylation is 2. The Morgan fingerprint density at radius 3 is 2.64 bits per heavy atom. The maximum atomic E-state index is 13.5. The van der Waals surface area contributed by atoms with Gasteiger partial charge in [0, 0.05) is 12.4 Å². The number of aromatic nitrogens is 2. The van der Waals surface area contributed by atoms with Crippen LogP contribution in [0.1, 0.15) is 23.7 Å². The molecule has 2 rings (SSSR count). The summed E-state index contributed by atoms with van der Waals surface area (Å²) in [4.78, 5) is 7.91. The quantitative estimate of drug-likeness (QED) is 0.760. The predicted octanol–water partition coefficient (Wildman–Crippen LogP) is 3.33. The third kappa shape index (κ3) is 5.02. The zero-order valence-electron chi connectivity index (χ0n) is 13.4. The smallest absolute Gasteiger partial charge is 0.420 e. The van der Waals surface area contributed by atoms with Gasteiger partial charge in [-0.1, -0.05) is 0 Å². The summed E-state index contributed by atoms with van der Waals surface area (Å²) in [5.74, 6) is 0.164. The number of hydrogen-bond acceptors (Lipinski definition) is 4. The molecule has 134 valence electrons. The molecule has 0 amide bonds. The van der Waals surface area contributed by atoms with Gasteiger partial charge in [-0.2, -0.15) is 13.2 Å². The summed E-state index contributed by atoms with van der Waals surface area (Å²) in [7, 11) is 0. The van der Waals surface area contributed by atoms with Crippen LogP contribution in [0.15, 0.2) is 30.6 Å². The van der Waals surface area contributed by atoms with Gasteiger partial charge in [-0.25, -0.2) is 4.98 Å². The molecule has 25 heavy (non-hydrogen) atoms. The largest absolute Gasteiger partial charge is 0.492 e. The van der Waals surface area contributed by atoms with Gasteiger partial charge in [0.05, 0.1) is 12.3 Å². The van der Waals surface area contributed by atoms with E-state index < -0.39 is 17.6 Å². The lowest BCUT2D eigenvalue weighted by Crippen LogP contribution is -2.23. The normalized spacial score (nSPS) is 11.2. The maximum absolute atomic E-state index is 13.5. The summed E-state index contributed by atoms with van der Waals surface area (Å²) in [6, 6.07) is 4.78. The van der Waals surface area contributed by atoms with E-state index in [2.05, 4.69) is 27.5 Å². The number of halogens is 3. The zero-order valence-corrected chi connectivity index (χ0v) is 14.2. The van der Waals surface area contributed by atoms with E-state index in [1.165, 1.54) is 12.3 Å². The van der Waals surface area contributed by atoms with Crippen molar-refractivity contribution in [1.82, 2.24) is 9.97 Å². The second-order valence-electron chi connectivity index (χ2n) is 5.06. The van der Waals surface area contributed by atoms with Gasteiger partial charge < -0.3 is 15.8 Å². The third-order valence-corrected chi connectivity index (χ3v) is 3.44. The molecule has 5 nitrogen and oxygen atoms in total. The molecule has 0 unspecified atom stereocenters. The molecule has 3 N–H and O–H groups in total. The number of hydrogen-bond donors (Lipinski definition) is 2. The SMILES string of the molecule is CCOc1cccnc1CCc1ccnc(NC(N)=S)c1C(F)(F)F. The van der Waals surface area contributed by atoms with Crippen LogP contribution in [0.4, 0.5) is 19.0 Å². The Morgan fingerprint density at radius 2 is 2.00 bits per heavy atom. The fraction of sp³-hybridized carbons (Fsp3) is 0.312. The molecule has 0 saturated carbocycles. The highest BCUT2D eigenvalue weighted by Gasteiger charge is 2.37. The Morgan fingerprint density at radius 1 is 1.24 bits per heavy atom. The van der Waals surface area contributed by atoms with Crippen molar-refractivity contribution in [3.05, 3.63) is 47.4 Å². The highest BCUT2D eigenvalue weighted by molar-refractivity contribution is 7.80. The van der Waals surface area contributed by atoms with Crippen molar-refractivity contribution in [2.75, 3.05) is 11.9 Å². The van der Waals surface area contributed by atoms with Crippen molar-refractivity contribution >= 4 is 23.1 Å². The first kappa shape index (κ1) is 18.9. The molecule has 2 heterocycles. The fourth-order valence-electron chi connectivity index (χ4n) is 2.39. The molecule has 0 aliphatic carbocycles. The highest BCUT2D eigenvalue weighted by Crippen LogP contribution is 2.37. The van der Waals surface area contributed by atoms with Crippen molar-refractivity contribution in [3.8, 4) is 5.75 Å². The van der Waals surface area contributed by atoms with Crippen LogP contribution in [-0.2, 0) is 19.0 Å². The number of pyridine rings is 2. The molecule has 0 atom stereocenters. The number of nitrogens with one attached hydrogen (secondary N) is 1. The van der Waals surface area contributed by atoms with Crippen molar-refractivity contribution in [1.29, 1.82) is 0 Å². The number of alkyl halides is 3. The van der Waals surface area contributed by atoms with E-state index in [1.54, 1.807) is 18.3 Å². The number of nitrogens with two attached hydrogens (primary N) is 1. The van der Waals surface area contributed by atoms with E-state index in [4.69, 9.17) is 10.5 Å². The second-order valence-corrected chi connectivity index (χ2v) is 5.50. The minimum Gasteiger partial charge on any atom is -0.492 e. The van der Waals surface area contributed by atoms with Gasteiger partial charge in [0.1, 0.15) is 17.1 Å². The average molecular weight is 370 g/mol. The fourth-order valence-corrected chi connectivity index (χ4v) is 2.49. The summed E-state index contributed by atoms with van der Waals surface area (Å²) < 4.78 is 45.9. The molecule has 0 aliphatic heterocycles. The van der Waals surface area contributed by atoms with E-state index in [9.17, 15) is 13.2 Å². The first-order valence-corrected chi connectivity index (χ1v) is 7.92. The van der Waals surface area contributed by atoms with E-state index in [0.717, 1.165) is 0 Å². The average Bonchev–Trinajstić information content (AvgIpc) is 2.52. The summed E-state index contributed by atoms with van der Waals surface area (Å²) in [6.07, 6.45) is -1.33. The summed E-state index contributed by atoms with van der Waals surface area (Å²) in [5, 5.41) is 2.01. The van der Waals surface area contributed by atoms with Gasteiger partial charge in [-0.3, -0.25) is 4.98 Å². The predicted molar refractivity (Wildman–Crippen MR) is 92.5 cm³/mol. The Bertz CT molecular complexity index is 752.